The van der Waals surface area contributed by atoms with Crippen LogP contribution in [0.1, 0.15) is 26.3 Å². The van der Waals surface area contributed by atoms with Crippen molar-refractivity contribution in [2.45, 2.75) is 26.3 Å². The van der Waals surface area contributed by atoms with Gasteiger partial charge in [-0.05, 0) is 24.9 Å². The van der Waals surface area contributed by atoms with E-state index in [4.69, 9.17) is 5.73 Å². The highest BCUT2D eigenvalue weighted by Gasteiger charge is 2.19. The predicted molar refractivity (Wildman–Crippen MR) is 65.7 cm³/mol. The van der Waals surface area contributed by atoms with E-state index in [1.807, 2.05) is 18.2 Å². The van der Waals surface area contributed by atoms with Gasteiger partial charge in [-0.3, -0.25) is 0 Å². The highest BCUT2D eigenvalue weighted by atomic mass is 14.9. The van der Waals surface area contributed by atoms with E-state index in [0.29, 0.717) is 5.92 Å². The molecule has 1 aromatic carbocycles. The molecule has 0 spiro atoms. The monoisotopic (exact) mass is 206 g/mol. The highest BCUT2D eigenvalue weighted by molar-refractivity contribution is 5.23. The third-order valence-electron chi connectivity index (χ3n) is 2.48. The van der Waals surface area contributed by atoms with Crippen molar-refractivity contribution in [1.29, 1.82) is 0 Å². The van der Waals surface area contributed by atoms with Gasteiger partial charge in [-0.1, -0.05) is 44.2 Å². The fourth-order valence-electron chi connectivity index (χ4n) is 1.54. The lowest BCUT2D eigenvalue weighted by Crippen LogP contribution is -2.44. The summed E-state index contributed by atoms with van der Waals surface area (Å²) in [5.41, 5.74) is 7.16. The van der Waals surface area contributed by atoms with Crippen molar-refractivity contribution in [2.75, 3.05) is 13.1 Å². The summed E-state index contributed by atoms with van der Waals surface area (Å²) in [7, 11) is 0. The van der Waals surface area contributed by atoms with E-state index < -0.39 is 0 Å². The van der Waals surface area contributed by atoms with Crippen molar-refractivity contribution in [1.82, 2.24) is 5.32 Å². The molecule has 0 fully saturated rings. The number of rotatable bonds is 5. The maximum Gasteiger partial charge on any atom is 0.0507 e. The number of benzene rings is 1. The van der Waals surface area contributed by atoms with E-state index in [-0.39, 0.29) is 5.54 Å². The Bertz CT molecular complexity index is 278. The minimum absolute atomic E-state index is 0.282. The predicted octanol–water partition coefficient (Wildman–Crippen LogP) is 2.11. The van der Waals surface area contributed by atoms with Crippen molar-refractivity contribution in [2.24, 2.45) is 11.7 Å². The Morgan fingerprint density at radius 3 is 2.40 bits per heavy atom. The molecular formula is C13H22N2. The lowest BCUT2D eigenvalue weighted by molar-refractivity contribution is 0.425. The molecule has 2 heteroatoms. The van der Waals surface area contributed by atoms with Gasteiger partial charge < -0.3 is 11.1 Å². The molecular weight excluding hydrogens is 184 g/mol. The summed E-state index contributed by atoms with van der Waals surface area (Å²) < 4.78 is 0. The van der Waals surface area contributed by atoms with Crippen LogP contribution in [0.5, 0.6) is 0 Å². The van der Waals surface area contributed by atoms with Crippen LogP contribution in [-0.4, -0.2) is 13.1 Å². The third kappa shape index (κ3) is 4.02. The number of hydrogen-bond donors (Lipinski definition) is 2. The molecule has 0 aromatic heterocycles. The van der Waals surface area contributed by atoms with Gasteiger partial charge >= 0.3 is 0 Å². The van der Waals surface area contributed by atoms with E-state index in [0.717, 1.165) is 13.1 Å². The van der Waals surface area contributed by atoms with Crippen LogP contribution in [0.4, 0.5) is 0 Å². The van der Waals surface area contributed by atoms with Crippen LogP contribution >= 0.6 is 0 Å². The molecule has 1 atom stereocenters. The molecule has 0 aliphatic heterocycles. The Kier molecular flexibility index (Phi) is 4.30. The van der Waals surface area contributed by atoms with Crippen LogP contribution in [0.25, 0.3) is 0 Å². The summed E-state index contributed by atoms with van der Waals surface area (Å²) >= 11 is 0. The molecule has 1 aromatic rings. The van der Waals surface area contributed by atoms with E-state index in [9.17, 15) is 0 Å². The topological polar surface area (TPSA) is 38.0 Å². The van der Waals surface area contributed by atoms with Gasteiger partial charge in [0.05, 0.1) is 5.54 Å². The van der Waals surface area contributed by atoms with E-state index in [1.54, 1.807) is 0 Å². The van der Waals surface area contributed by atoms with Gasteiger partial charge in [0.2, 0.25) is 0 Å². The van der Waals surface area contributed by atoms with Gasteiger partial charge in [0.25, 0.3) is 0 Å². The molecule has 0 saturated heterocycles. The van der Waals surface area contributed by atoms with Crippen molar-refractivity contribution < 1.29 is 0 Å². The summed E-state index contributed by atoms with van der Waals surface area (Å²) in [6.07, 6.45) is 0. The zero-order valence-electron chi connectivity index (χ0n) is 9.96. The van der Waals surface area contributed by atoms with Crippen molar-refractivity contribution >= 4 is 0 Å². The summed E-state index contributed by atoms with van der Waals surface area (Å²) in [4.78, 5) is 0. The molecule has 84 valence electrons. The van der Waals surface area contributed by atoms with E-state index >= 15 is 0 Å². The highest BCUT2D eigenvalue weighted by Crippen LogP contribution is 2.15. The SMILES string of the molecule is CC(C)CNCC(C)(N)c1ccccc1. The molecule has 1 rings (SSSR count). The second-order valence-corrected chi connectivity index (χ2v) is 4.81. The van der Waals surface area contributed by atoms with Crippen LogP contribution < -0.4 is 11.1 Å². The standard InChI is InChI=1S/C13H22N2/c1-11(2)9-15-10-13(3,14)12-7-5-4-6-8-12/h4-8,11,15H,9-10,14H2,1-3H3. The summed E-state index contributed by atoms with van der Waals surface area (Å²) in [6, 6.07) is 10.2. The van der Waals surface area contributed by atoms with Gasteiger partial charge in [-0.15, -0.1) is 0 Å². The largest absolute Gasteiger partial charge is 0.321 e. The van der Waals surface area contributed by atoms with E-state index in [1.165, 1.54) is 5.56 Å². The van der Waals surface area contributed by atoms with Crippen LogP contribution in [-0.2, 0) is 5.54 Å². The summed E-state index contributed by atoms with van der Waals surface area (Å²) in [5.74, 6) is 0.663. The van der Waals surface area contributed by atoms with Crippen LogP contribution in [0.2, 0.25) is 0 Å². The minimum atomic E-state index is -0.282. The zero-order chi connectivity index (χ0) is 11.3. The lowest BCUT2D eigenvalue weighted by Gasteiger charge is -2.26. The zero-order valence-corrected chi connectivity index (χ0v) is 9.96. The van der Waals surface area contributed by atoms with Gasteiger partial charge in [0, 0.05) is 6.54 Å². The Balaban J connectivity index is 2.52. The maximum absolute atomic E-state index is 6.26. The molecule has 0 radical (unpaired) electrons. The Morgan fingerprint density at radius 1 is 1.27 bits per heavy atom. The van der Waals surface area contributed by atoms with Crippen molar-refractivity contribution in [3.05, 3.63) is 35.9 Å². The molecule has 0 aliphatic rings. The second-order valence-electron chi connectivity index (χ2n) is 4.81. The van der Waals surface area contributed by atoms with Gasteiger partial charge in [-0.2, -0.15) is 0 Å². The van der Waals surface area contributed by atoms with Crippen molar-refractivity contribution in [3.63, 3.8) is 0 Å². The molecule has 1 unspecified atom stereocenters. The number of nitrogens with two attached hydrogens (primary N) is 1. The first-order valence-electron chi connectivity index (χ1n) is 5.57. The molecule has 0 heterocycles. The summed E-state index contributed by atoms with van der Waals surface area (Å²) in [6.45, 7) is 8.29. The quantitative estimate of drug-likeness (QED) is 0.774. The Morgan fingerprint density at radius 2 is 1.87 bits per heavy atom. The fourth-order valence-corrected chi connectivity index (χ4v) is 1.54. The number of hydrogen-bond acceptors (Lipinski definition) is 2. The second kappa shape index (κ2) is 5.29. The third-order valence-corrected chi connectivity index (χ3v) is 2.48. The average Bonchev–Trinajstić information content (AvgIpc) is 2.18. The minimum Gasteiger partial charge on any atom is -0.321 e. The van der Waals surface area contributed by atoms with Gasteiger partial charge in [-0.25, -0.2) is 0 Å². The first kappa shape index (κ1) is 12.2. The smallest absolute Gasteiger partial charge is 0.0507 e. The van der Waals surface area contributed by atoms with Crippen LogP contribution in [0, 0.1) is 5.92 Å². The van der Waals surface area contributed by atoms with Crippen LogP contribution in [0.3, 0.4) is 0 Å². The normalized spacial score (nSPS) is 15.3. The fraction of sp³-hybridized carbons (Fsp3) is 0.538. The molecule has 0 bridgehead atoms. The van der Waals surface area contributed by atoms with Gasteiger partial charge in [0.1, 0.15) is 0 Å². The molecule has 0 aliphatic carbocycles. The first-order chi connectivity index (χ1) is 7.02. The molecule has 15 heavy (non-hydrogen) atoms. The summed E-state index contributed by atoms with van der Waals surface area (Å²) in [5, 5.41) is 3.40. The molecule has 0 saturated carbocycles. The molecule has 3 N–H and O–H groups in total. The van der Waals surface area contributed by atoms with Crippen LogP contribution in [0.15, 0.2) is 30.3 Å². The Hall–Kier alpha value is -0.860. The Labute approximate surface area is 92.9 Å². The van der Waals surface area contributed by atoms with E-state index in [2.05, 4.69) is 38.2 Å². The number of nitrogens with one attached hydrogen (secondary N) is 1. The van der Waals surface area contributed by atoms with Gasteiger partial charge in [0.15, 0.2) is 0 Å². The maximum atomic E-state index is 6.26. The lowest BCUT2D eigenvalue weighted by atomic mass is 9.93. The molecule has 0 amide bonds. The van der Waals surface area contributed by atoms with Crippen molar-refractivity contribution in [3.8, 4) is 0 Å². The molecule has 2 nitrogen and oxygen atoms in total. The average molecular weight is 206 g/mol. The first-order valence-corrected chi connectivity index (χ1v) is 5.57.